The lowest BCUT2D eigenvalue weighted by molar-refractivity contribution is -0.139. The van der Waals surface area contributed by atoms with E-state index in [1.165, 1.54) is 0 Å². The van der Waals surface area contributed by atoms with Gasteiger partial charge >= 0.3 is 5.97 Å². The second-order valence-corrected chi connectivity index (χ2v) is 3.30. The fourth-order valence-electron chi connectivity index (χ4n) is 1.51. The van der Waals surface area contributed by atoms with Gasteiger partial charge < -0.3 is 10.0 Å². The first-order valence-electron chi connectivity index (χ1n) is 4.27. The molecule has 3 nitrogen and oxygen atoms in total. The molecule has 0 unspecified atom stereocenters. The van der Waals surface area contributed by atoms with Crippen LogP contribution in [0.5, 0.6) is 0 Å². The van der Waals surface area contributed by atoms with Gasteiger partial charge in [-0.2, -0.15) is 0 Å². The molecule has 0 aromatic rings. The Balaban J connectivity index is 2.03. The normalized spacial score (nSPS) is 18.7. The number of hydrogen-bond acceptors (Lipinski definition) is 2. The number of likely N-dealkylation sites (tertiary alicyclic amines) is 1. The average Bonchev–Trinajstić information content (AvgIpc) is 1.93. The Bertz CT molecular complexity index is 173. The largest absolute Gasteiger partial charge is 0.481 e. The van der Waals surface area contributed by atoms with Crippen molar-refractivity contribution in [1.29, 1.82) is 0 Å². The van der Waals surface area contributed by atoms with Crippen LogP contribution in [-0.4, -0.2) is 35.6 Å². The smallest absolute Gasteiger partial charge is 0.303 e. The van der Waals surface area contributed by atoms with Crippen molar-refractivity contribution >= 4 is 5.97 Å². The van der Waals surface area contributed by atoms with Crippen LogP contribution in [0.15, 0.2) is 12.7 Å². The van der Waals surface area contributed by atoms with Crippen LogP contribution < -0.4 is 0 Å². The van der Waals surface area contributed by atoms with E-state index in [0.717, 1.165) is 26.1 Å². The van der Waals surface area contributed by atoms with Crippen LogP contribution in [-0.2, 0) is 4.79 Å². The number of carbonyl (C=O) groups is 1. The predicted molar refractivity (Wildman–Crippen MR) is 47.0 cm³/mol. The minimum atomic E-state index is -0.677. The predicted octanol–water partition coefficient (Wildman–Crippen LogP) is 0.969. The van der Waals surface area contributed by atoms with Gasteiger partial charge in [0, 0.05) is 19.6 Å². The lowest BCUT2D eigenvalue weighted by atomic mass is 9.96. The molecule has 68 valence electrons. The van der Waals surface area contributed by atoms with E-state index in [2.05, 4.69) is 11.5 Å². The minimum absolute atomic E-state index is 0.324. The summed E-state index contributed by atoms with van der Waals surface area (Å²) in [5, 5.41) is 8.48. The molecule has 0 aromatic heterocycles. The van der Waals surface area contributed by atoms with Crippen molar-refractivity contribution in [2.75, 3.05) is 19.6 Å². The Morgan fingerprint density at radius 1 is 1.67 bits per heavy atom. The molecular weight excluding hydrogens is 154 g/mol. The van der Waals surface area contributed by atoms with Crippen molar-refractivity contribution in [3.8, 4) is 0 Å². The van der Waals surface area contributed by atoms with E-state index >= 15 is 0 Å². The van der Waals surface area contributed by atoms with Crippen molar-refractivity contribution < 1.29 is 9.90 Å². The summed E-state index contributed by atoms with van der Waals surface area (Å²) in [5.74, 6) is -0.296. The molecule has 0 atom stereocenters. The Hall–Kier alpha value is -0.830. The van der Waals surface area contributed by atoms with E-state index < -0.39 is 5.97 Å². The molecule has 0 aliphatic carbocycles. The molecule has 0 amide bonds. The molecule has 1 heterocycles. The molecule has 1 saturated heterocycles. The number of nitrogens with zero attached hydrogens (tertiary/aromatic N) is 1. The standard InChI is InChI=1S/C9H15NO2/c1-2-3-4-10-6-8(7-10)5-9(11)12/h2,8H,1,3-7H2,(H,11,12). The highest BCUT2D eigenvalue weighted by Crippen LogP contribution is 2.18. The van der Waals surface area contributed by atoms with Crippen molar-refractivity contribution in [2.24, 2.45) is 5.92 Å². The molecule has 1 aliphatic heterocycles. The third-order valence-corrected chi connectivity index (χ3v) is 2.15. The summed E-state index contributed by atoms with van der Waals surface area (Å²) >= 11 is 0. The molecule has 1 fully saturated rings. The van der Waals surface area contributed by atoms with Crippen LogP contribution in [0.3, 0.4) is 0 Å². The Labute approximate surface area is 72.7 Å². The summed E-state index contributed by atoms with van der Waals surface area (Å²) < 4.78 is 0. The van der Waals surface area contributed by atoms with Crippen molar-refractivity contribution in [1.82, 2.24) is 4.90 Å². The van der Waals surface area contributed by atoms with Crippen LogP contribution in [0.25, 0.3) is 0 Å². The van der Waals surface area contributed by atoms with Gasteiger partial charge in [0.25, 0.3) is 0 Å². The number of aliphatic carboxylic acids is 1. The maximum atomic E-state index is 10.3. The van der Waals surface area contributed by atoms with E-state index in [1.807, 2.05) is 6.08 Å². The second kappa shape index (κ2) is 4.26. The zero-order chi connectivity index (χ0) is 8.97. The van der Waals surface area contributed by atoms with Crippen LogP contribution in [0, 0.1) is 5.92 Å². The fraction of sp³-hybridized carbons (Fsp3) is 0.667. The van der Waals surface area contributed by atoms with Crippen LogP contribution in [0.1, 0.15) is 12.8 Å². The van der Waals surface area contributed by atoms with E-state index in [4.69, 9.17) is 5.11 Å². The zero-order valence-electron chi connectivity index (χ0n) is 7.20. The highest BCUT2D eigenvalue weighted by atomic mass is 16.4. The van der Waals surface area contributed by atoms with Crippen molar-refractivity contribution in [2.45, 2.75) is 12.8 Å². The lowest BCUT2D eigenvalue weighted by Crippen LogP contribution is -2.47. The van der Waals surface area contributed by atoms with Crippen LogP contribution in [0.4, 0.5) is 0 Å². The molecule has 0 spiro atoms. The maximum Gasteiger partial charge on any atom is 0.303 e. The monoisotopic (exact) mass is 169 g/mol. The Morgan fingerprint density at radius 2 is 2.33 bits per heavy atom. The topological polar surface area (TPSA) is 40.5 Å². The summed E-state index contributed by atoms with van der Waals surface area (Å²) in [4.78, 5) is 12.5. The third-order valence-electron chi connectivity index (χ3n) is 2.15. The van der Waals surface area contributed by atoms with E-state index in [-0.39, 0.29) is 0 Å². The number of carboxylic acid groups (broad SMARTS) is 1. The first-order valence-corrected chi connectivity index (χ1v) is 4.27. The molecule has 0 saturated carbocycles. The summed E-state index contributed by atoms with van der Waals surface area (Å²) in [6, 6.07) is 0. The quantitative estimate of drug-likeness (QED) is 0.623. The SMILES string of the molecule is C=CCCN1CC(CC(=O)O)C1. The molecule has 3 heteroatoms. The molecule has 0 aromatic carbocycles. The van der Waals surface area contributed by atoms with Gasteiger partial charge in [-0.1, -0.05) is 6.08 Å². The van der Waals surface area contributed by atoms with Crippen molar-refractivity contribution in [3.63, 3.8) is 0 Å². The highest BCUT2D eigenvalue weighted by molar-refractivity contribution is 5.67. The molecule has 0 bridgehead atoms. The molecule has 0 radical (unpaired) electrons. The minimum Gasteiger partial charge on any atom is -0.481 e. The van der Waals surface area contributed by atoms with Gasteiger partial charge in [-0.05, 0) is 12.3 Å². The fourth-order valence-corrected chi connectivity index (χ4v) is 1.51. The summed E-state index contributed by atoms with van der Waals surface area (Å²) in [7, 11) is 0. The molecule has 1 aliphatic rings. The van der Waals surface area contributed by atoms with Gasteiger partial charge in [0.15, 0.2) is 0 Å². The van der Waals surface area contributed by atoms with Gasteiger partial charge in [-0.3, -0.25) is 4.79 Å². The Kier molecular flexibility index (Phi) is 3.29. The highest BCUT2D eigenvalue weighted by Gasteiger charge is 2.27. The first-order chi connectivity index (χ1) is 5.72. The van der Waals surface area contributed by atoms with Gasteiger partial charge in [-0.25, -0.2) is 0 Å². The van der Waals surface area contributed by atoms with Gasteiger partial charge in [0.1, 0.15) is 0 Å². The van der Waals surface area contributed by atoms with Gasteiger partial charge in [0.2, 0.25) is 0 Å². The summed E-state index contributed by atoms with van der Waals surface area (Å²) in [5.41, 5.74) is 0. The van der Waals surface area contributed by atoms with E-state index in [1.54, 1.807) is 0 Å². The Morgan fingerprint density at radius 3 is 2.83 bits per heavy atom. The second-order valence-electron chi connectivity index (χ2n) is 3.30. The van der Waals surface area contributed by atoms with Gasteiger partial charge in [-0.15, -0.1) is 6.58 Å². The average molecular weight is 169 g/mol. The van der Waals surface area contributed by atoms with Gasteiger partial charge in [0.05, 0.1) is 6.42 Å². The van der Waals surface area contributed by atoms with E-state index in [0.29, 0.717) is 12.3 Å². The number of rotatable bonds is 5. The third kappa shape index (κ3) is 2.66. The number of hydrogen-bond donors (Lipinski definition) is 1. The molecule has 1 N–H and O–H groups in total. The summed E-state index contributed by atoms with van der Waals surface area (Å²) in [6.45, 7) is 6.55. The summed E-state index contributed by atoms with van der Waals surface area (Å²) in [6.07, 6.45) is 3.22. The lowest BCUT2D eigenvalue weighted by Gasteiger charge is -2.38. The zero-order valence-corrected chi connectivity index (χ0v) is 7.20. The first kappa shape index (κ1) is 9.26. The molecule has 1 rings (SSSR count). The number of carboxylic acids is 1. The van der Waals surface area contributed by atoms with Crippen LogP contribution in [0.2, 0.25) is 0 Å². The van der Waals surface area contributed by atoms with Crippen molar-refractivity contribution in [3.05, 3.63) is 12.7 Å². The van der Waals surface area contributed by atoms with E-state index in [9.17, 15) is 4.79 Å². The molecular formula is C9H15NO2. The maximum absolute atomic E-state index is 10.3. The molecule has 12 heavy (non-hydrogen) atoms. The van der Waals surface area contributed by atoms with Crippen LogP contribution >= 0.6 is 0 Å².